The lowest BCUT2D eigenvalue weighted by Crippen LogP contribution is -2.21. The molecule has 2 heterocycles. The third-order valence-corrected chi connectivity index (χ3v) is 2.29. The Morgan fingerprint density at radius 2 is 2.58 bits per heavy atom. The molecule has 1 aromatic heterocycles. The number of aromatic nitrogens is 2. The molecule has 0 bridgehead atoms. The van der Waals surface area contributed by atoms with E-state index < -0.39 is 6.10 Å². The summed E-state index contributed by atoms with van der Waals surface area (Å²) in [6.45, 7) is 1.56. The minimum Gasteiger partial charge on any atom is -0.385 e. The fraction of sp³-hybridized carbons (Fsp3) is 0.625. The first kappa shape index (κ1) is 7.76. The average Bonchev–Trinajstić information content (AvgIpc) is 2.29. The predicted molar refractivity (Wildman–Crippen MR) is 44.7 cm³/mol. The number of hydrogen-bond acceptors (Lipinski definition) is 3. The van der Waals surface area contributed by atoms with E-state index in [2.05, 4.69) is 10.4 Å². The van der Waals surface area contributed by atoms with Crippen molar-refractivity contribution in [3.05, 3.63) is 17.5 Å². The molecule has 4 nitrogen and oxygen atoms in total. The first-order chi connectivity index (χ1) is 5.79. The summed E-state index contributed by atoms with van der Waals surface area (Å²) in [6.07, 6.45) is 2.39. The largest absolute Gasteiger partial charge is 0.385 e. The SMILES string of the molecule is Cn1ncc2c1C(O)CNCC2. The summed E-state index contributed by atoms with van der Waals surface area (Å²) in [5, 5.41) is 17.0. The van der Waals surface area contributed by atoms with Gasteiger partial charge in [-0.25, -0.2) is 0 Å². The van der Waals surface area contributed by atoms with Gasteiger partial charge in [0.15, 0.2) is 0 Å². The van der Waals surface area contributed by atoms with Crippen LogP contribution in [0.4, 0.5) is 0 Å². The van der Waals surface area contributed by atoms with Crippen LogP contribution in [0.1, 0.15) is 17.4 Å². The molecule has 0 aliphatic carbocycles. The van der Waals surface area contributed by atoms with Crippen LogP contribution in [-0.4, -0.2) is 28.0 Å². The fourth-order valence-corrected chi connectivity index (χ4v) is 1.67. The Kier molecular flexibility index (Phi) is 1.86. The Hall–Kier alpha value is -0.870. The van der Waals surface area contributed by atoms with Gasteiger partial charge in [0.25, 0.3) is 0 Å². The zero-order chi connectivity index (χ0) is 8.55. The van der Waals surface area contributed by atoms with Gasteiger partial charge >= 0.3 is 0 Å². The van der Waals surface area contributed by atoms with Crippen molar-refractivity contribution in [3.63, 3.8) is 0 Å². The van der Waals surface area contributed by atoms with Gasteiger partial charge in [-0.2, -0.15) is 5.10 Å². The topological polar surface area (TPSA) is 50.1 Å². The standard InChI is InChI=1S/C8H13N3O/c1-11-8-6(4-10-11)2-3-9-5-7(8)12/h4,7,9,12H,2-3,5H2,1H3. The summed E-state index contributed by atoms with van der Waals surface area (Å²) in [7, 11) is 1.87. The van der Waals surface area contributed by atoms with Crippen molar-refractivity contribution in [2.24, 2.45) is 7.05 Å². The number of rotatable bonds is 0. The van der Waals surface area contributed by atoms with Crippen LogP contribution >= 0.6 is 0 Å². The minimum atomic E-state index is -0.407. The maximum Gasteiger partial charge on any atom is 0.108 e. The van der Waals surface area contributed by atoms with Gasteiger partial charge in [-0.1, -0.05) is 0 Å². The maximum absolute atomic E-state index is 9.69. The lowest BCUT2D eigenvalue weighted by molar-refractivity contribution is 0.168. The number of hydrogen-bond donors (Lipinski definition) is 2. The molecule has 0 radical (unpaired) electrons. The molecule has 1 aromatic rings. The van der Waals surface area contributed by atoms with Crippen molar-refractivity contribution in [1.29, 1.82) is 0 Å². The molecule has 2 rings (SSSR count). The number of aliphatic hydroxyl groups is 1. The van der Waals surface area contributed by atoms with E-state index in [-0.39, 0.29) is 0 Å². The van der Waals surface area contributed by atoms with Crippen molar-refractivity contribution in [3.8, 4) is 0 Å². The lowest BCUT2D eigenvalue weighted by Gasteiger charge is -2.09. The first-order valence-electron chi connectivity index (χ1n) is 4.18. The highest BCUT2D eigenvalue weighted by atomic mass is 16.3. The predicted octanol–water partition coefficient (Wildman–Crippen LogP) is -0.401. The molecule has 0 saturated heterocycles. The van der Waals surface area contributed by atoms with Crippen LogP contribution in [0, 0.1) is 0 Å². The van der Waals surface area contributed by atoms with E-state index in [0.717, 1.165) is 24.2 Å². The molecular formula is C8H13N3O. The number of β-amino-alcohol motifs (C(OH)–C–C–N with tert-alkyl or cyclic N) is 1. The van der Waals surface area contributed by atoms with E-state index in [9.17, 15) is 5.11 Å². The van der Waals surface area contributed by atoms with Gasteiger partial charge in [0.2, 0.25) is 0 Å². The number of nitrogens with zero attached hydrogens (tertiary/aromatic N) is 2. The Morgan fingerprint density at radius 3 is 3.42 bits per heavy atom. The molecule has 0 spiro atoms. The second-order valence-corrected chi connectivity index (χ2v) is 3.15. The molecule has 0 fully saturated rings. The van der Waals surface area contributed by atoms with Gasteiger partial charge in [0.1, 0.15) is 6.10 Å². The number of aryl methyl sites for hydroxylation is 1. The molecule has 4 heteroatoms. The summed E-state index contributed by atoms with van der Waals surface area (Å²) in [5.41, 5.74) is 2.12. The number of fused-ring (bicyclic) bond motifs is 1. The molecular weight excluding hydrogens is 154 g/mol. The summed E-state index contributed by atoms with van der Waals surface area (Å²) in [6, 6.07) is 0. The molecule has 1 atom stereocenters. The third kappa shape index (κ3) is 1.13. The van der Waals surface area contributed by atoms with Gasteiger partial charge in [-0.15, -0.1) is 0 Å². The van der Waals surface area contributed by atoms with Crippen LogP contribution in [0.15, 0.2) is 6.20 Å². The smallest absolute Gasteiger partial charge is 0.108 e. The van der Waals surface area contributed by atoms with Crippen molar-refractivity contribution < 1.29 is 5.11 Å². The molecule has 0 amide bonds. The fourth-order valence-electron chi connectivity index (χ4n) is 1.67. The van der Waals surface area contributed by atoms with Crippen molar-refractivity contribution in [2.45, 2.75) is 12.5 Å². The Balaban J connectivity index is 2.42. The van der Waals surface area contributed by atoms with Crippen LogP contribution in [0.3, 0.4) is 0 Å². The molecule has 1 unspecified atom stereocenters. The summed E-state index contributed by atoms with van der Waals surface area (Å²) in [5.74, 6) is 0. The van der Waals surface area contributed by atoms with Gasteiger partial charge < -0.3 is 10.4 Å². The highest BCUT2D eigenvalue weighted by molar-refractivity contribution is 5.22. The number of nitrogens with one attached hydrogen (secondary N) is 1. The summed E-state index contributed by atoms with van der Waals surface area (Å²) >= 11 is 0. The van der Waals surface area contributed by atoms with E-state index >= 15 is 0 Å². The normalized spacial score (nSPS) is 23.3. The van der Waals surface area contributed by atoms with E-state index in [1.54, 1.807) is 4.68 Å². The third-order valence-electron chi connectivity index (χ3n) is 2.29. The highest BCUT2D eigenvalue weighted by Gasteiger charge is 2.19. The van der Waals surface area contributed by atoms with Gasteiger partial charge in [-0.3, -0.25) is 4.68 Å². The van der Waals surface area contributed by atoms with Crippen molar-refractivity contribution in [1.82, 2.24) is 15.1 Å². The van der Waals surface area contributed by atoms with Crippen LogP contribution in [-0.2, 0) is 13.5 Å². The van der Waals surface area contributed by atoms with E-state index in [1.807, 2.05) is 13.2 Å². The van der Waals surface area contributed by atoms with Crippen LogP contribution < -0.4 is 5.32 Å². The average molecular weight is 167 g/mol. The summed E-state index contributed by atoms with van der Waals surface area (Å²) in [4.78, 5) is 0. The maximum atomic E-state index is 9.69. The Bertz CT molecular complexity index is 282. The minimum absolute atomic E-state index is 0.407. The molecule has 66 valence electrons. The molecule has 1 aliphatic rings. The van der Waals surface area contributed by atoms with E-state index in [0.29, 0.717) is 6.54 Å². The van der Waals surface area contributed by atoms with Crippen LogP contribution in [0.5, 0.6) is 0 Å². The van der Waals surface area contributed by atoms with E-state index in [1.165, 1.54) is 0 Å². The zero-order valence-corrected chi connectivity index (χ0v) is 7.12. The zero-order valence-electron chi connectivity index (χ0n) is 7.12. The van der Waals surface area contributed by atoms with Crippen LogP contribution in [0.25, 0.3) is 0 Å². The second kappa shape index (κ2) is 2.88. The van der Waals surface area contributed by atoms with Gasteiger partial charge in [0.05, 0.1) is 11.9 Å². The molecule has 2 N–H and O–H groups in total. The van der Waals surface area contributed by atoms with Crippen molar-refractivity contribution >= 4 is 0 Å². The monoisotopic (exact) mass is 167 g/mol. The van der Waals surface area contributed by atoms with E-state index in [4.69, 9.17) is 0 Å². The molecule has 0 saturated carbocycles. The Labute approximate surface area is 71.2 Å². The molecule has 1 aliphatic heterocycles. The molecule has 12 heavy (non-hydrogen) atoms. The molecule has 0 aromatic carbocycles. The number of aliphatic hydroxyl groups excluding tert-OH is 1. The Morgan fingerprint density at radius 1 is 1.75 bits per heavy atom. The second-order valence-electron chi connectivity index (χ2n) is 3.15. The first-order valence-corrected chi connectivity index (χ1v) is 4.18. The van der Waals surface area contributed by atoms with Gasteiger partial charge in [0, 0.05) is 13.6 Å². The quantitative estimate of drug-likeness (QED) is 0.552. The lowest BCUT2D eigenvalue weighted by atomic mass is 10.1. The van der Waals surface area contributed by atoms with Crippen LogP contribution in [0.2, 0.25) is 0 Å². The highest BCUT2D eigenvalue weighted by Crippen LogP contribution is 2.18. The van der Waals surface area contributed by atoms with Gasteiger partial charge in [-0.05, 0) is 18.5 Å². The summed E-state index contributed by atoms with van der Waals surface area (Å²) < 4.78 is 1.76. The van der Waals surface area contributed by atoms with Crippen molar-refractivity contribution in [2.75, 3.05) is 13.1 Å².